The topological polar surface area (TPSA) is 64.7 Å². The van der Waals surface area contributed by atoms with Gasteiger partial charge in [0.2, 0.25) is 5.91 Å². The molecule has 1 N–H and O–H groups in total. The van der Waals surface area contributed by atoms with Gasteiger partial charge in [0, 0.05) is 24.0 Å². The van der Waals surface area contributed by atoms with Crippen molar-refractivity contribution in [1.82, 2.24) is 24.9 Å². The number of hydrogen-bond donors (Lipinski definition) is 1. The van der Waals surface area contributed by atoms with Gasteiger partial charge in [0.15, 0.2) is 5.69 Å². The number of amides is 1. The molecule has 6 nitrogen and oxygen atoms in total. The molecule has 2 aromatic heterocycles. The summed E-state index contributed by atoms with van der Waals surface area (Å²) in [7, 11) is 0. The zero-order valence-electron chi connectivity index (χ0n) is 14.8. The van der Waals surface area contributed by atoms with Crippen molar-refractivity contribution in [3.63, 3.8) is 0 Å². The average molecular weight is 369 g/mol. The minimum absolute atomic E-state index is 0.246. The summed E-state index contributed by atoms with van der Waals surface area (Å²) in [6.45, 7) is 4.55. The van der Waals surface area contributed by atoms with Gasteiger partial charge in [0.1, 0.15) is 6.04 Å². The van der Waals surface area contributed by atoms with Crippen LogP contribution in [-0.2, 0) is 30.4 Å². The smallest absolute Gasteiger partial charge is 0.352 e. The number of aryl methyl sites for hydroxylation is 1. The van der Waals surface area contributed by atoms with Gasteiger partial charge in [0.05, 0.1) is 12.7 Å². The molecule has 1 aliphatic carbocycles. The second-order valence-corrected chi connectivity index (χ2v) is 6.57. The van der Waals surface area contributed by atoms with E-state index in [1.54, 1.807) is 17.8 Å². The minimum atomic E-state index is -4.49. The van der Waals surface area contributed by atoms with Crippen molar-refractivity contribution in [2.45, 2.75) is 58.3 Å². The van der Waals surface area contributed by atoms with E-state index in [1.807, 2.05) is 13.1 Å². The summed E-state index contributed by atoms with van der Waals surface area (Å²) in [5.74, 6) is -0.317. The van der Waals surface area contributed by atoms with Crippen molar-refractivity contribution in [3.05, 3.63) is 34.9 Å². The number of alkyl halides is 3. The molecule has 1 atom stereocenters. The van der Waals surface area contributed by atoms with Crippen LogP contribution >= 0.6 is 0 Å². The third-order valence-corrected chi connectivity index (χ3v) is 4.61. The number of carbonyl (C=O) groups is 1. The molecule has 0 aromatic carbocycles. The molecule has 0 spiro atoms. The Morgan fingerprint density at radius 2 is 2.15 bits per heavy atom. The highest BCUT2D eigenvalue weighted by atomic mass is 19.4. The molecule has 0 bridgehead atoms. The highest BCUT2D eigenvalue weighted by molar-refractivity contribution is 5.80. The largest absolute Gasteiger partial charge is 0.435 e. The van der Waals surface area contributed by atoms with E-state index >= 15 is 0 Å². The number of hydrogen-bond acceptors (Lipinski definition) is 3. The van der Waals surface area contributed by atoms with E-state index in [2.05, 4.69) is 15.5 Å². The van der Waals surface area contributed by atoms with Gasteiger partial charge in [-0.3, -0.25) is 14.2 Å². The first-order chi connectivity index (χ1) is 12.3. The third kappa shape index (κ3) is 3.61. The lowest BCUT2D eigenvalue weighted by molar-refractivity contribution is -0.142. The molecule has 2 aromatic rings. The zero-order chi connectivity index (χ0) is 18.9. The summed E-state index contributed by atoms with van der Waals surface area (Å²) in [5, 5.41) is 10.7. The molecule has 0 unspecified atom stereocenters. The van der Waals surface area contributed by atoms with E-state index < -0.39 is 17.9 Å². The highest BCUT2D eigenvalue weighted by Crippen LogP contribution is 2.37. The predicted octanol–water partition coefficient (Wildman–Crippen LogP) is 2.66. The van der Waals surface area contributed by atoms with Crippen LogP contribution in [0.4, 0.5) is 13.2 Å². The Kier molecular flexibility index (Phi) is 5.06. The molecule has 0 saturated carbocycles. The van der Waals surface area contributed by atoms with E-state index in [4.69, 9.17) is 0 Å². The Morgan fingerprint density at radius 3 is 2.77 bits per heavy atom. The van der Waals surface area contributed by atoms with Crippen LogP contribution in [0.3, 0.4) is 0 Å². The molecule has 3 rings (SSSR count). The third-order valence-electron chi connectivity index (χ3n) is 4.61. The van der Waals surface area contributed by atoms with Gasteiger partial charge < -0.3 is 5.32 Å². The van der Waals surface area contributed by atoms with E-state index in [0.717, 1.165) is 5.56 Å². The fourth-order valence-electron chi connectivity index (χ4n) is 3.42. The van der Waals surface area contributed by atoms with Crippen LogP contribution in [0.15, 0.2) is 12.4 Å². The predicted molar refractivity (Wildman–Crippen MR) is 88.6 cm³/mol. The SMILES string of the molecule is CC[C@@H](C(=O)NCCn1cc(C)cn1)n1nc(C(F)(F)F)c2c1CCC2. The van der Waals surface area contributed by atoms with Gasteiger partial charge in [-0.15, -0.1) is 0 Å². The first-order valence-corrected chi connectivity index (χ1v) is 8.75. The fourth-order valence-corrected chi connectivity index (χ4v) is 3.42. The molecule has 2 heterocycles. The number of rotatable bonds is 6. The second kappa shape index (κ2) is 7.13. The van der Waals surface area contributed by atoms with Gasteiger partial charge in [-0.2, -0.15) is 23.4 Å². The van der Waals surface area contributed by atoms with Crippen LogP contribution in [-0.4, -0.2) is 32.0 Å². The Bertz CT molecular complexity index is 793. The summed E-state index contributed by atoms with van der Waals surface area (Å²) in [6.07, 6.45) is 1.01. The van der Waals surface area contributed by atoms with Crippen LogP contribution in [0.2, 0.25) is 0 Å². The molecule has 0 radical (unpaired) electrons. The maximum Gasteiger partial charge on any atom is 0.435 e. The fraction of sp³-hybridized carbons (Fsp3) is 0.588. The zero-order valence-corrected chi connectivity index (χ0v) is 14.8. The summed E-state index contributed by atoms with van der Waals surface area (Å²) < 4.78 is 42.7. The Morgan fingerprint density at radius 1 is 1.38 bits per heavy atom. The Hall–Kier alpha value is -2.32. The van der Waals surface area contributed by atoms with E-state index in [-0.39, 0.29) is 11.5 Å². The molecule has 0 aliphatic heterocycles. The minimum Gasteiger partial charge on any atom is -0.352 e. The lowest BCUT2D eigenvalue weighted by Gasteiger charge is -2.18. The van der Waals surface area contributed by atoms with Crippen LogP contribution in [0.5, 0.6) is 0 Å². The second-order valence-electron chi connectivity index (χ2n) is 6.57. The highest BCUT2D eigenvalue weighted by Gasteiger charge is 2.41. The monoisotopic (exact) mass is 369 g/mol. The number of nitrogens with one attached hydrogen (secondary N) is 1. The van der Waals surface area contributed by atoms with Gasteiger partial charge in [-0.25, -0.2) is 0 Å². The number of aromatic nitrogens is 4. The maximum atomic E-state index is 13.2. The first kappa shape index (κ1) is 18.5. The maximum absolute atomic E-state index is 13.2. The number of fused-ring (bicyclic) bond motifs is 1. The lowest BCUT2D eigenvalue weighted by Crippen LogP contribution is -2.35. The standard InChI is InChI=1S/C17H22F3N5O/c1-3-13(16(26)21-7-8-24-10-11(2)9-22-24)25-14-6-4-5-12(14)15(23-25)17(18,19)20/h9-10,13H,3-8H2,1-2H3,(H,21,26)/t13-/m0/s1. The van der Waals surface area contributed by atoms with Crippen LogP contribution in [0.1, 0.15) is 48.3 Å². The van der Waals surface area contributed by atoms with Crippen molar-refractivity contribution in [3.8, 4) is 0 Å². The molecule has 1 aliphatic rings. The number of carbonyl (C=O) groups excluding carboxylic acids is 1. The molecule has 142 valence electrons. The lowest BCUT2D eigenvalue weighted by atomic mass is 10.1. The summed E-state index contributed by atoms with van der Waals surface area (Å²) >= 11 is 0. The van der Waals surface area contributed by atoms with Crippen LogP contribution in [0.25, 0.3) is 0 Å². The molecular formula is C17H22F3N5O. The van der Waals surface area contributed by atoms with Crippen molar-refractivity contribution in [2.75, 3.05) is 6.54 Å². The Labute approximate surface area is 149 Å². The van der Waals surface area contributed by atoms with E-state index in [9.17, 15) is 18.0 Å². The van der Waals surface area contributed by atoms with E-state index in [1.165, 1.54) is 4.68 Å². The molecule has 26 heavy (non-hydrogen) atoms. The average Bonchev–Trinajstić information content (AvgIpc) is 3.25. The summed E-state index contributed by atoms with van der Waals surface area (Å²) in [5.41, 5.74) is 0.968. The number of nitrogens with zero attached hydrogens (tertiary/aromatic N) is 4. The normalized spacial score (nSPS) is 15.1. The summed E-state index contributed by atoms with van der Waals surface area (Å²) in [4.78, 5) is 12.5. The molecule has 0 saturated heterocycles. The van der Waals surface area contributed by atoms with Gasteiger partial charge in [-0.1, -0.05) is 6.92 Å². The van der Waals surface area contributed by atoms with Crippen LogP contribution < -0.4 is 5.32 Å². The van der Waals surface area contributed by atoms with Crippen LogP contribution in [0, 0.1) is 6.92 Å². The molecule has 0 fully saturated rings. The summed E-state index contributed by atoms with van der Waals surface area (Å²) in [6, 6.07) is -0.739. The van der Waals surface area contributed by atoms with Gasteiger partial charge in [-0.05, 0) is 38.2 Å². The Balaban J connectivity index is 1.73. The first-order valence-electron chi connectivity index (χ1n) is 8.75. The van der Waals surface area contributed by atoms with Gasteiger partial charge >= 0.3 is 6.18 Å². The molecular weight excluding hydrogens is 347 g/mol. The quantitative estimate of drug-likeness (QED) is 0.851. The van der Waals surface area contributed by atoms with Crippen molar-refractivity contribution >= 4 is 5.91 Å². The molecule has 1 amide bonds. The van der Waals surface area contributed by atoms with Gasteiger partial charge in [0.25, 0.3) is 0 Å². The molecule has 9 heteroatoms. The van der Waals surface area contributed by atoms with Crippen molar-refractivity contribution in [1.29, 1.82) is 0 Å². The van der Waals surface area contributed by atoms with Crippen molar-refractivity contribution in [2.24, 2.45) is 0 Å². The number of halogens is 3. The van der Waals surface area contributed by atoms with E-state index in [0.29, 0.717) is 44.5 Å². The van der Waals surface area contributed by atoms with Crippen molar-refractivity contribution < 1.29 is 18.0 Å².